The van der Waals surface area contributed by atoms with E-state index in [0.717, 1.165) is 39.4 Å². The minimum atomic E-state index is -3.41. The lowest BCUT2D eigenvalue weighted by Gasteiger charge is -2.45. The average molecular weight is 529 g/mol. The van der Waals surface area contributed by atoms with E-state index in [2.05, 4.69) is 4.72 Å². The maximum Gasteiger partial charge on any atom is 0.407 e. The van der Waals surface area contributed by atoms with E-state index in [-0.39, 0.29) is 25.5 Å². The van der Waals surface area contributed by atoms with Gasteiger partial charge in [-0.05, 0) is 34.7 Å². The van der Waals surface area contributed by atoms with Gasteiger partial charge in [-0.25, -0.2) is 13.2 Å². The van der Waals surface area contributed by atoms with Gasteiger partial charge in [0.05, 0.1) is 18.5 Å². The van der Waals surface area contributed by atoms with Crippen LogP contribution in [-0.2, 0) is 26.8 Å². The second kappa shape index (κ2) is 8.56. The first-order valence-corrected chi connectivity index (χ1v) is 13.9. The van der Waals surface area contributed by atoms with E-state index in [4.69, 9.17) is 4.98 Å². The predicted octanol–water partition coefficient (Wildman–Crippen LogP) is 4.05. The maximum atomic E-state index is 13.8. The van der Waals surface area contributed by atoms with Crippen molar-refractivity contribution in [3.05, 3.63) is 90.3 Å². The summed E-state index contributed by atoms with van der Waals surface area (Å²) in [7, 11) is -3.41. The largest absolute Gasteiger partial charge is 0.465 e. The summed E-state index contributed by atoms with van der Waals surface area (Å²) in [5.41, 5.74) is 3.52. The molecular formula is C28H24N4O5S. The van der Waals surface area contributed by atoms with Gasteiger partial charge in [0.1, 0.15) is 5.41 Å². The van der Waals surface area contributed by atoms with Gasteiger partial charge in [0.25, 0.3) is 0 Å². The molecule has 1 fully saturated rings. The zero-order valence-electron chi connectivity index (χ0n) is 20.5. The molecule has 2 aliphatic rings. The molecule has 192 valence electrons. The molecule has 1 saturated heterocycles. The van der Waals surface area contributed by atoms with Gasteiger partial charge in [0, 0.05) is 41.6 Å². The number of nitrogens with one attached hydrogen (secondary N) is 1. The second-order valence-corrected chi connectivity index (χ2v) is 11.5. The molecule has 0 bridgehead atoms. The van der Waals surface area contributed by atoms with Gasteiger partial charge in [-0.3, -0.25) is 14.5 Å². The molecule has 1 spiro atoms. The van der Waals surface area contributed by atoms with E-state index in [9.17, 15) is 23.1 Å². The van der Waals surface area contributed by atoms with Gasteiger partial charge in [0.15, 0.2) is 0 Å². The number of sulfonamides is 1. The number of carbonyl (C=O) groups is 2. The van der Waals surface area contributed by atoms with Crippen molar-refractivity contribution in [2.75, 3.05) is 29.0 Å². The molecule has 9 nitrogen and oxygen atoms in total. The van der Waals surface area contributed by atoms with Crippen LogP contribution in [0.2, 0.25) is 0 Å². The standard InChI is InChI=1S/C28H24N4O5S/c1-38(36,37)30-20-12-10-18(11-13-20)25-21-7-3-2-6-19(21)14-29-23(25)15-32-24-9-5-4-8-22(24)28(26(32)33)16-31(17-28)27(34)35/h2-14,30H,15-17H2,1H3,(H,34,35). The normalized spacial score (nSPS) is 16.0. The van der Waals surface area contributed by atoms with Crippen molar-refractivity contribution in [3.8, 4) is 11.1 Å². The highest BCUT2D eigenvalue weighted by Gasteiger charge is 2.59. The third-order valence-electron chi connectivity index (χ3n) is 7.22. The number of nitrogens with zero attached hydrogens (tertiary/aromatic N) is 3. The van der Waals surface area contributed by atoms with Crippen molar-refractivity contribution in [2.24, 2.45) is 0 Å². The molecule has 0 aliphatic carbocycles. The van der Waals surface area contributed by atoms with Crippen LogP contribution in [0.5, 0.6) is 0 Å². The Hall–Kier alpha value is -4.44. The average Bonchev–Trinajstić information content (AvgIpc) is 3.10. The Morgan fingerprint density at radius 1 is 1.03 bits per heavy atom. The van der Waals surface area contributed by atoms with E-state index in [1.165, 1.54) is 4.90 Å². The van der Waals surface area contributed by atoms with Crippen LogP contribution in [0.1, 0.15) is 11.3 Å². The van der Waals surface area contributed by atoms with Gasteiger partial charge >= 0.3 is 6.09 Å². The molecule has 6 rings (SSSR count). The van der Waals surface area contributed by atoms with Crippen LogP contribution in [-0.4, -0.2) is 54.8 Å². The zero-order valence-corrected chi connectivity index (χ0v) is 21.3. The zero-order chi connectivity index (χ0) is 26.7. The molecule has 2 aliphatic heterocycles. The number of amides is 2. The van der Waals surface area contributed by atoms with Crippen LogP contribution in [0.3, 0.4) is 0 Å². The topological polar surface area (TPSA) is 120 Å². The molecule has 10 heteroatoms. The number of rotatable bonds is 5. The molecule has 2 N–H and O–H groups in total. The van der Waals surface area contributed by atoms with Gasteiger partial charge in [0.2, 0.25) is 15.9 Å². The maximum absolute atomic E-state index is 13.8. The molecule has 4 aromatic rings. The first kappa shape index (κ1) is 23.9. The van der Waals surface area contributed by atoms with Crippen molar-refractivity contribution in [3.63, 3.8) is 0 Å². The number of anilines is 2. The fourth-order valence-electron chi connectivity index (χ4n) is 5.52. The fraction of sp³-hybridized carbons (Fsp3) is 0.179. The summed E-state index contributed by atoms with van der Waals surface area (Å²) in [5, 5.41) is 11.3. The van der Waals surface area contributed by atoms with E-state index in [1.807, 2.05) is 60.7 Å². The van der Waals surface area contributed by atoms with Crippen molar-refractivity contribution >= 4 is 44.2 Å². The molecule has 2 amide bonds. The molecule has 0 saturated carbocycles. The monoisotopic (exact) mass is 528 g/mol. The minimum absolute atomic E-state index is 0.126. The number of likely N-dealkylation sites (tertiary alicyclic amines) is 1. The van der Waals surface area contributed by atoms with Crippen LogP contribution >= 0.6 is 0 Å². The second-order valence-electron chi connectivity index (χ2n) is 9.75. The first-order valence-electron chi connectivity index (χ1n) is 12.0. The van der Waals surface area contributed by atoms with Crippen molar-refractivity contribution < 1.29 is 23.1 Å². The smallest absolute Gasteiger partial charge is 0.407 e. The highest BCUT2D eigenvalue weighted by molar-refractivity contribution is 7.92. The summed E-state index contributed by atoms with van der Waals surface area (Å²) < 4.78 is 25.8. The molecule has 1 aromatic heterocycles. The highest BCUT2D eigenvalue weighted by Crippen LogP contribution is 2.48. The molecule has 0 atom stereocenters. The van der Waals surface area contributed by atoms with Crippen molar-refractivity contribution in [1.29, 1.82) is 0 Å². The van der Waals surface area contributed by atoms with Crippen molar-refractivity contribution in [1.82, 2.24) is 9.88 Å². The Kier molecular flexibility index (Phi) is 5.39. The number of hydrogen-bond donors (Lipinski definition) is 2. The summed E-state index contributed by atoms with van der Waals surface area (Å²) in [6.07, 6.45) is 1.85. The quantitative estimate of drug-likeness (QED) is 0.403. The van der Waals surface area contributed by atoms with Gasteiger partial charge in [-0.1, -0.05) is 54.6 Å². The molecule has 3 heterocycles. The molecule has 0 radical (unpaired) electrons. The summed E-state index contributed by atoms with van der Waals surface area (Å²) in [6, 6.07) is 22.4. The highest BCUT2D eigenvalue weighted by atomic mass is 32.2. The summed E-state index contributed by atoms with van der Waals surface area (Å²) in [6.45, 7) is 0.456. The number of carboxylic acid groups (broad SMARTS) is 1. The lowest BCUT2D eigenvalue weighted by Crippen LogP contribution is -2.65. The Bertz CT molecular complexity index is 1710. The number of pyridine rings is 1. The minimum Gasteiger partial charge on any atom is -0.465 e. The number of benzene rings is 3. The fourth-order valence-corrected chi connectivity index (χ4v) is 6.08. The van der Waals surface area contributed by atoms with Crippen molar-refractivity contribution in [2.45, 2.75) is 12.0 Å². The van der Waals surface area contributed by atoms with E-state index in [1.54, 1.807) is 23.2 Å². The lowest BCUT2D eigenvalue weighted by atomic mass is 9.75. The van der Waals surface area contributed by atoms with Crippen LogP contribution < -0.4 is 9.62 Å². The Morgan fingerprint density at radius 2 is 1.71 bits per heavy atom. The van der Waals surface area contributed by atoms with Gasteiger partial charge < -0.3 is 14.9 Å². The van der Waals surface area contributed by atoms with Crippen LogP contribution in [0, 0.1) is 0 Å². The number of carbonyl (C=O) groups excluding carboxylic acids is 1. The third kappa shape index (κ3) is 3.84. The van der Waals surface area contributed by atoms with Gasteiger partial charge in [-0.15, -0.1) is 0 Å². The number of hydrogen-bond acceptors (Lipinski definition) is 5. The number of fused-ring (bicyclic) bond motifs is 3. The predicted molar refractivity (Wildman–Crippen MR) is 145 cm³/mol. The van der Waals surface area contributed by atoms with Crippen LogP contribution in [0.25, 0.3) is 21.9 Å². The summed E-state index contributed by atoms with van der Waals surface area (Å²) in [4.78, 5) is 33.1. The third-order valence-corrected chi connectivity index (χ3v) is 7.83. The Morgan fingerprint density at radius 3 is 2.42 bits per heavy atom. The Labute approximate surface area is 219 Å². The lowest BCUT2D eigenvalue weighted by molar-refractivity contribution is -0.128. The van der Waals surface area contributed by atoms with Gasteiger partial charge in [-0.2, -0.15) is 0 Å². The van der Waals surface area contributed by atoms with E-state index in [0.29, 0.717) is 11.4 Å². The SMILES string of the molecule is CS(=O)(=O)Nc1ccc(-c2c(CN3C(=O)C4(CN(C(=O)O)C4)c4ccccc43)ncc3ccccc23)cc1. The van der Waals surface area contributed by atoms with Crippen LogP contribution in [0.15, 0.2) is 79.0 Å². The molecule has 0 unspecified atom stereocenters. The molecule has 3 aromatic carbocycles. The summed E-state index contributed by atoms with van der Waals surface area (Å²) >= 11 is 0. The van der Waals surface area contributed by atoms with Crippen LogP contribution in [0.4, 0.5) is 16.2 Å². The summed E-state index contributed by atoms with van der Waals surface area (Å²) in [5.74, 6) is -0.134. The number of aromatic nitrogens is 1. The van der Waals surface area contributed by atoms with E-state index < -0.39 is 21.5 Å². The molecule has 38 heavy (non-hydrogen) atoms. The Balaban J connectivity index is 1.43. The number of para-hydroxylation sites is 1. The van der Waals surface area contributed by atoms with E-state index >= 15 is 0 Å². The first-order chi connectivity index (χ1) is 18.2. The molecular weight excluding hydrogens is 504 g/mol.